The largest absolute Gasteiger partial charge is 0.378 e. The smallest absolute Gasteiger partial charge is 0.261 e. The Morgan fingerprint density at radius 2 is 2.10 bits per heavy atom. The van der Waals surface area contributed by atoms with E-state index in [1.54, 1.807) is 11.0 Å². The number of piperidine rings is 2. The molecule has 0 saturated carbocycles. The van der Waals surface area contributed by atoms with E-state index in [1.807, 2.05) is 6.07 Å². The van der Waals surface area contributed by atoms with Crippen LogP contribution in [0.3, 0.4) is 0 Å². The van der Waals surface area contributed by atoms with Crippen molar-refractivity contribution in [3.05, 3.63) is 29.1 Å². The summed E-state index contributed by atoms with van der Waals surface area (Å²) < 4.78 is 2.13. The molecule has 8 heteroatoms. The number of nitrogens with one attached hydrogen (secondary N) is 1. The van der Waals surface area contributed by atoms with Gasteiger partial charge in [-0.1, -0.05) is 6.92 Å². The van der Waals surface area contributed by atoms with E-state index in [2.05, 4.69) is 28.8 Å². The predicted molar refractivity (Wildman–Crippen MR) is 101 cm³/mol. The fraction of sp³-hybridized carbons (Fsp3) is 0.619. The third kappa shape index (κ3) is 2.39. The monoisotopic (exact) mass is 399 g/mol. The second kappa shape index (κ2) is 6.09. The molecule has 4 aliphatic heterocycles. The van der Waals surface area contributed by atoms with Gasteiger partial charge in [0.1, 0.15) is 18.2 Å². The Labute approximate surface area is 169 Å². The number of aliphatic hydroxyl groups is 1. The molecule has 5 rings (SSSR count). The molecule has 0 aliphatic carbocycles. The molecule has 2 N–H and O–H groups in total. The van der Waals surface area contributed by atoms with Crippen molar-refractivity contribution in [3.63, 3.8) is 0 Å². The first-order valence-electron chi connectivity index (χ1n) is 10.4. The predicted octanol–water partition coefficient (Wildman–Crippen LogP) is -0.332. The summed E-state index contributed by atoms with van der Waals surface area (Å²) >= 11 is 0. The number of carbonyl (C=O) groups excluding carboxylic acids is 3. The quantitative estimate of drug-likeness (QED) is 0.525. The fourth-order valence-electron chi connectivity index (χ4n) is 5.91. The summed E-state index contributed by atoms with van der Waals surface area (Å²) in [5.74, 6) is -0.858. The molecule has 1 aromatic rings. The van der Waals surface area contributed by atoms with Crippen molar-refractivity contribution in [1.82, 2.24) is 15.1 Å². The van der Waals surface area contributed by atoms with Crippen LogP contribution in [-0.2, 0) is 28.3 Å². The summed E-state index contributed by atoms with van der Waals surface area (Å²) in [6.45, 7) is 4.76. The van der Waals surface area contributed by atoms with Crippen molar-refractivity contribution in [2.45, 2.75) is 57.3 Å². The minimum Gasteiger partial charge on any atom is -0.378 e. The number of rotatable bonds is 2. The van der Waals surface area contributed by atoms with Crippen LogP contribution in [-0.4, -0.2) is 58.8 Å². The molecule has 2 fully saturated rings. The Hall–Kier alpha value is -2.32. The molecule has 0 radical (unpaired) electrons. The average molecular weight is 399 g/mol. The lowest BCUT2D eigenvalue weighted by Gasteiger charge is -2.45. The zero-order valence-corrected chi connectivity index (χ0v) is 16.9. The van der Waals surface area contributed by atoms with Crippen LogP contribution in [0.5, 0.6) is 0 Å². The van der Waals surface area contributed by atoms with Crippen molar-refractivity contribution >= 4 is 17.7 Å². The number of fused-ring (bicyclic) bond motifs is 5. The highest BCUT2D eigenvalue weighted by atomic mass is 16.3. The molecule has 3 atom stereocenters. The van der Waals surface area contributed by atoms with Gasteiger partial charge in [-0.15, -0.1) is 0 Å². The van der Waals surface area contributed by atoms with Gasteiger partial charge in [0.2, 0.25) is 23.2 Å². The second-order valence-electron chi connectivity index (χ2n) is 9.05. The van der Waals surface area contributed by atoms with Crippen molar-refractivity contribution in [2.75, 3.05) is 20.1 Å². The fourth-order valence-corrected chi connectivity index (χ4v) is 5.91. The maximum absolute atomic E-state index is 13.1. The number of amides is 3. The van der Waals surface area contributed by atoms with Crippen LogP contribution in [0.15, 0.2) is 12.1 Å². The Kier molecular flexibility index (Phi) is 3.93. The Bertz CT molecular complexity index is 947. The van der Waals surface area contributed by atoms with E-state index in [1.165, 1.54) is 0 Å². The van der Waals surface area contributed by atoms with Crippen molar-refractivity contribution in [1.29, 1.82) is 0 Å². The first-order chi connectivity index (χ1) is 13.8. The summed E-state index contributed by atoms with van der Waals surface area (Å²) in [5, 5.41) is 14.1. The third-order valence-electron chi connectivity index (χ3n) is 7.60. The van der Waals surface area contributed by atoms with Gasteiger partial charge < -0.3 is 14.9 Å². The number of hydrogen-bond donors (Lipinski definition) is 2. The van der Waals surface area contributed by atoms with Gasteiger partial charge in [0, 0.05) is 25.6 Å². The highest BCUT2D eigenvalue weighted by Crippen LogP contribution is 2.51. The van der Waals surface area contributed by atoms with Gasteiger partial charge in [0.05, 0.1) is 5.41 Å². The van der Waals surface area contributed by atoms with Crippen LogP contribution in [0.4, 0.5) is 0 Å². The summed E-state index contributed by atoms with van der Waals surface area (Å²) in [6, 6.07) is 3.08. The van der Waals surface area contributed by atoms with Crippen LogP contribution >= 0.6 is 0 Å². The SMILES string of the molecule is CCC12CN(C)CCC1(O)c1ccc3c([n+]1C2)CN(C1CCC(=O)NC1=O)C3=O. The van der Waals surface area contributed by atoms with E-state index in [4.69, 9.17) is 0 Å². The van der Waals surface area contributed by atoms with E-state index in [0.717, 1.165) is 30.9 Å². The summed E-state index contributed by atoms with van der Waals surface area (Å²) in [4.78, 5) is 40.8. The van der Waals surface area contributed by atoms with Gasteiger partial charge in [0.25, 0.3) is 5.91 Å². The maximum atomic E-state index is 13.1. The molecule has 0 spiro atoms. The Balaban J connectivity index is 1.54. The summed E-state index contributed by atoms with van der Waals surface area (Å²) in [5.41, 5.74) is 1.15. The van der Waals surface area contributed by atoms with Crippen molar-refractivity contribution in [3.8, 4) is 0 Å². The normalized spacial score (nSPS) is 34.1. The lowest BCUT2D eigenvalue weighted by Crippen LogP contribution is -2.55. The van der Waals surface area contributed by atoms with E-state index in [9.17, 15) is 19.5 Å². The number of carbonyl (C=O) groups is 3. The van der Waals surface area contributed by atoms with Gasteiger partial charge in [-0.3, -0.25) is 19.7 Å². The molecule has 3 unspecified atom stereocenters. The number of hydrogen-bond acceptors (Lipinski definition) is 5. The third-order valence-corrected chi connectivity index (χ3v) is 7.60. The van der Waals surface area contributed by atoms with E-state index in [0.29, 0.717) is 31.5 Å². The number of nitrogens with zero attached hydrogens (tertiary/aromatic N) is 3. The van der Waals surface area contributed by atoms with Gasteiger partial charge in [-0.05, 0) is 32.4 Å². The minimum atomic E-state index is -0.908. The van der Waals surface area contributed by atoms with Gasteiger partial charge in [-0.2, -0.15) is 4.57 Å². The molecule has 5 heterocycles. The molecule has 3 amide bonds. The van der Waals surface area contributed by atoms with Crippen LogP contribution < -0.4 is 9.88 Å². The summed E-state index contributed by atoms with van der Waals surface area (Å²) in [7, 11) is 2.09. The van der Waals surface area contributed by atoms with Crippen LogP contribution in [0, 0.1) is 5.41 Å². The molecule has 8 nitrogen and oxygen atoms in total. The molecule has 0 aromatic carbocycles. The molecule has 2 saturated heterocycles. The average Bonchev–Trinajstić information content (AvgIpc) is 3.15. The number of aromatic nitrogens is 1. The van der Waals surface area contributed by atoms with Crippen molar-refractivity contribution in [2.24, 2.45) is 5.41 Å². The Morgan fingerprint density at radius 1 is 1.31 bits per heavy atom. The zero-order valence-electron chi connectivity index (χ0n) is 16.9. The standard InChI is InChI=1S/C21H26N4O4/c1-3-20-11-23(2)9-8-21(20,29)16-6-4-13-15(25(16)12-20)10-24(19(13)28)14-5-7-17(26)22-18(14)27/h4,6,14,29H,3,5,7-12H2,1-2H3/p+1. The highest BCUT2D eigenvalue weighted by molar-refractivity contribution is 6.05. The first kappa shape index (κ1) is 18.7. The molecule has 1 aromatic heterocycles. The molecular formula is C21H27N4O4+. The number of pyridine rings is 1. The minimum absolute atomic E-state index is 0.172. The van der Waals surface area contributed by atoms with Crippen LogP contribution in [0.1, 0.15) is 54.4 Å². The molecule has 29 heavy (non-hydrogen) atoms. The molecule has 154 valence electrons. The first-order valence-corrected chi connectivity index (χ1v) is 10.4. The van der Waals surface area contributed by atoms with E-state index < -0.39 is 17.6 Å². The lowest BCUT2D eigenvalue weighted by molar-refractivity contribution is -0.706. The topological polar surface area (TPSA) is 93.8 Å². The number of imide groups is 1. The summed E-state index contributed by atoms with van der Waals surface area (Å²) in [6.07, 6.45) is 2.10. The highest BCUT2D eigenvalue weighted by Gasteiger charge is 2.65. The molecule has 4 aliphatic rings. The second-order valence-corrected chi connectivity index (χ2v) is 9.05. The van der Waals surface area contributed by atoms with Crippen LogP contribution in [0.2, 0.25) is 0 Å². The Morgan fingerprint density at radius 3 is 2.83 bits per heavy atom. The zero-order chi connectivity index (χ0) is 20.6. The van der Waals surface area contributed by atoms with Gasteiger partial charge in [-0.25, -0.2) is 0 Å². The van der Waals surface area contributed by atoms with Gasteiger partial charge >= 0.3 is 0 Å². The molecular weight excluding hydrogens is 372 g/mol. The number of likely N-dealkylation sites (tertiary alicyclic amines) is 1. The lowest BCUT2D eigenvalue weighted by atomic mass is 9.66. The van der Waals surface area contributed by atoms with Gasteiger partial charge in [0.15, 0.2) is 12.1 Å². The van der Waals surface area contributed by atoms with Crippen LogP contribution in [0.25, 0.3) is 0 Å². The maximum Gasteiger partial charge on any atom is 0.261 e. The van der Waals surface area contributed by atoms with Crippen molar-refractivity contribution < 1.29 is 24.1 Å². The van der Waals surface area contributed by atoms with E-state index >= 15 is 0 Å². The molecule has 0 bridgehead atoms. The van der Waals surface area contributed by atoms with E-state index in [-0.39, 0.29) is 23.7 Å².